The van der Waals surface area contributed by atoms with E-state index < -0.39 is 0 Å². The molecule has 1 aromatic rings. The average molecular weight is 191 g/mol. The van der Waals surface area contributed by atoms with Crippen molar-refractivity contribution < 1.29 is 0 Å². The molecular weight excluding hydrogens is 170 g/mol. The van der Waals surface area contributed by atoms with Crippen LogP contribution in [0.3, 0.4) is 0 Å². The fraction of sp³-hybridized carbons (Fsp3) is 0.538. The maximum atomic E-state index is 5.44. The number of aryl methyl sites for hydroxylation is 2. The third-order valence-electron chi connectivity index (χ3n) is 2.54. The van der Waals surface area contributed by atoms with Crippen LogP contribution < -0.4 is 5.73 Å². The Hall–Kier alpha value is -0.820. The fourth-order valence-corrected chi connectivity index (χ4v) is 1.58. The Morgan fingerprint density at radius 3 is 2.21 bits per heavy atom. The number of benzene rings is 1. The minimum atomic E-state index is 0.838. The smallest absolute Gasteiger partial charge is 0.00773 e. The molecule has 0 saturated heterocycles. The molecule has 0 atom stereocenters. The van der Waals surface area contributed by atoms with Crippen LogP contribution in [0, 0.1) is 6.92 Å². The van der Waals surface area contributed by atoms with E-state index in [4.69, 9.17) is 5.73 Å². The number of unbranched alkanes of at least 4 members (excludes halogenated alkanes) is 3. The lowest BCUT2D eigenvalue weighted by Gasteiger charge is -2.01. The first-order chi connectivity index (χ1) is 6.83. The van der Waals surface area contributed by atoms with Crippen molar-refractivity contribution >= 4 is 0 Å². The molecular formula is C13H21N. The molecule has 1 aromatic carbocycles. The van der Waals surface area contributed by atoms with Crippen molar-refractivity contribution in [2.75, 3.05) is 6.54 Å². The van der Waals surface area contributed by atoms with Gasteiger partial charge in [-0.2, -0.15) is 0 Å². The largest absolute Gasteiger partial charge is 0.330 e. The third-order valence-corrected chi connectivity index (χ3v) is 2.54. The van der Waals surface area contributed by atoms with E-state index in [1.165, 1.54) is 43.2 Å². The van der Waals surface area contributed by atoms with Crippen molar-refractivity contribution in [2.45, 2.75) is 39.0 Å². The molecule has 0 bridgehead atoms. The fourth-order valence-electron chi connectivity index (χ4n) is 1.58. The monoisotopic (exact) mass is 191 g/mol. The van der Waals surface area contributed by atoms with Crippen molar-refractivity contribution in [1.29, 1.82) is 0 Å². The molecule has 0 aliphatic rings. The quantitative estimate of drug-likeness (QED) is 0.687. The lowest BCUT2D eigenvalue weighted by Crippen LogP contribution is -1.97. The van der Waals surface area contributed by atoms with E-state index in [-0.39, 0.29) is 0 Å². The molecule has 0 saturated carbocycles. The summed E-state index contributed by atoms with van der Waals surface area (Å²) in [5.74, 6) is 0. The van der Waals surface area contributed by atoms with Gasteiger partial charge in [-0.1, -0.05) is 42.7 Å². The van der Waals surface area contributed by atoms with Crippen LogP contribution in [0.15, 0.2) is 24.3 Å². The zero-order valence-corrected chi connectivity index (χ0v) is 9.13. The maximum Gasteiger partial charge on any atom is -0.00773 e. The van der Waals surface area contributed by atoms with Crippen LogP contribution in [0.2, 0.25) is 0 Å². The molecule has 0 heterocycles. The second-order valence-electron chi connectivity index (χ2n) is 3.94. The van der Waals surface area contributed by atoms with Crippen LogP contribution in [-0.4, -0.2) is 6.54 Å². The highest BCUT2D eigenvalue weighted by Crippen LogP contribution is 2.08. The van der Waals surface area contributed by atoms with E-state index in [1.54, 1.807) is 0 Å². The summed E-state index contributed by atoms with van der Waals surface area (Å²) in [5, 5.41) is 0. The topological polar surface area (TPSA) is 26.0 Å². The van der Waals surface area contributed by atoms with Gasteiger partial charge >= 0.3 is 0 Å². The van der Waals surface area contributed by atoms with Gasteiger partial charge in [-0.25, -0.2) is 0 Å². The van der Waals surface area contributed by atoms with Gasteiger partial charge in [0.1, 0.15) is 0 Å². The highest BCUT2D eigenvalue weighted by atomic mass is 14.5. The maximum absolute atomic E-state index is 5.44. The Bertz CT molecular complexity index is 238. The van der Waals surface area contributed by atoms with Crippen LogP contribution in [-0.2, 0) is 6.42 Å². The highest BCUT2D eigenvalue weighted by molar-refractivity contribution is 5.21. The molecule has 1 nitrogen and oxygen atoms in total. The molecule has 0 spiro atoms. The Morgan fingerprint density at radius 2 is 1.57 bits per heavy atom. The van der Waals surface area contributed by atoms with Crippen LogP contribution >= 0.6 is 0 Å². The summed E-state index contributed by atoms with van der Waals surface area (Å²) < 4.78 is 0. The Balaban J connectivity index is 2.15. The van der Waals surface area contributed by atoms with Gasteiger partial charge < -0.3 is 5.73 Å². The van der Waals surface area contributed by atoms with Gasteiger partial charge in [0.15, 0.2) is 0 Å². The normalized spacial score (nSPS) is 10.4. The van der Waals surface area contributed by atoms with Gasteiger partial charge in [0.2, 0.25) is 0 Å². The predicted octanol–water partition coefficient (Wildman–Crippen LogP) is 3.06. The average Bonchev–Trinajstić information content (AvgIpc) is 2.21. The zero-order valence-electron chi connectivity index (χ0n) is 9.13. The SMILES string of the molecule is Cc1ccc(CCCCCCN)cc1. The van der Waals surface area contributed by atoms with Gasteiger partial charge in [0, 0.05) is 0 Å². The van der Waals surface area contributed by atoms with Crippen LogP contribution in [0.5, 0.6) is 0 Å². The van der Waals surface area contributed by atoms with E-state index >= 15 is 0 Å². The molecule has 14 heavy (non-hydrogen) atoms. The Kier molecular flexibility index (Phi) is 5.31. The molecule has 0 aromatic heterocycles. The van der Waals surface area contributed by atoms with Crippen molar-refractivity contribution in [2.24, 2.45) is 5.73 Å². The molecule has 78 valence electrons. The van der Waals surface area contributed by atoms with Gasteiger partial charge in [-0.05, 0) is 38.3 Å². The Morgan fingerprint density at radius 1 is 0.929 bits per heavy atom. The zero-order chi connectivity index (χ0) is 10.2. The predicted molar refractivity (Wildman–Crippen MR) is 62.4 cm³/mol. The molecule has 0 fully saturated rings. The van der Waals surface area contributed by atoms with E-state index in [0.717, 1.165) is 6.54 Å². The first-order valence-electron chi connectivity index (χ1n) is 5.58. The second kappa shape index (κ2) is 6.61. The summed E-state index contributed by atoms with van der Waals surface area (Å²) in [6.45, 7) is 2.97. The van der Waals surface area contributed by atoms with Crippen LogP contribution in [0.25, 0.3) is 0 Å². The van der Waals surface area contributed by atoms with Gasteiger partial charge in [-0.3, -0.25) is 0 Å². The van der Waals surface area contributed by atoms with E-state index in [9.17, 15) is 0 Å². The van der Waals surface area contributed by atoms with Gasteiger partial charge in [0.25, 0.3) is 0 Å². The van der Waals surface area contributed by atoms with Crippen molar-refractivity contribution in [3.63, 3.8) is 0 Å². The van der Waals surface area contributed by atoms with Crippen molar-refractivity contribution in [3.05, 3.63) is 35.4 Å². The minimum Gasteiger partial charge on any atom is -0.330 e. The number of hydrogen-bond donors (Lipinski definition) is 1. The molecule has 1 rings (SSSR count). The highest BCUT2D eigenvalue weighted by Gasteiger charge is 1.93. The van der Waals surface area contributed by atoms with E-state index in [0.29, 0.717) is 0 Å². The molecule has 0 amide bonds. The number of rotatable bonds is 6. The summed E-state index contributed by atoms with van der Waals surface area (Å²) in [5.41, 5.74) is 8.24. The Labute approximate surface area is 87.3 Å². The van der Waals surface area contributed by atoms with E-state index in [2.05, 4.69) is 31.2 Å². The van der Waals surface area contributed by atoms with Crippen LogP contribution in [0.1, 0.15) is 36.8 Å². The lowest BCUT2D eigenvalue weighted by atomic mass is 10.1. The molecule has 0 radical (unpaired) electrons. The van der Waals surface area contributed by atoms with Gasteiger partial charge in [0.05, 0.1) is 0 Å². The first kappa shape index (κ1) is 11.3. The summed E-state index contributed by atoms with van der Waals surface area (Å²) >= 11 is 0. The molecule has 0 aliphatic heterocycles. The molecule has 0 aliphatic carbocycles. The van der Waals surface area contributed by atoms with Gasteiger partial charge in [-0.15, -0.1) is 0 Å². The lowest BCUT2D eigenvalue weighted by molar-refractivity contribution is 0.646. The number of nitrogens with two attached hydrogens (primary N) is 1. The summed E-state index contributed by atoms with van der Waals surface area (Å²) in [4.78, 5) is 0. The first-order valence-corrected chi connectivity index (χ1v) is 5.58. The molecule has 2 N–H and O–H groups in total. The van der Waals surface area contributed by atoms with E-state index in [1.807, 2.05) is 0 Å². The third kappa shape index (κ3) is 4.43. The number of hydrogen-bond acceptors (Lipinski definition) is 1. The van der Waals surface area contributed by atoms with Crippen LogP contribution in [0.4, 0.5) is 0 Å². The molecule has 0 unspecified atom stereocenters. The standard InChI is InChI=1S/C13H21N/c1-12-7-9-13(10-8-12)6-4-2-3-5-11-14/h7-10H,2-6,11,14H2,1H3. The second-order valence-corrected chi connectivity index (χ2v) is 3.94. The molecule has 1 heteroatoms. The summed E-state index contributed by atoms with van der Waals surface area (Å²) in [7, 11) is 0. The van der Waals surface area contributed by atoms with Crippen molar-refractivity contribution in [1.82, 2.24) is 0 Å². The minimum absolute atomic E-state index is 0.838. The summed E-state index contributed by atoms with van der Waals surface area (Å²) in [6.07, 6.45) is 6.27. The van der Waals surface area contributed by atoms with Crippen molar-refractivity contribution in [3.8, 4) is 0 Å². The summed E-state index contributed by atoms with van der Waals surface area (Å²) in [6, 6.07) is 8.85.